The van der Waals surface area contributed by atoms with Gasteiger partial charge in [-0.15, -0.1) is 0 Å². The molecule has 0 atom stereocenters. The molecule has 1 aromatic heterocycles. The molecular weight excluding hydrogens is 262 g/mol. The van der Waals surface area contributed by atoms with E-state index in [0.29, 0.717) is 16.4 Å². The Hall–Kier alpha value is -2.07. The van der Waals surface area contributed by atoms with Crippen LogP contribution in [0.25, 0.3) is 0 Å². The number of nitrogens with one attached hydrogen (secondary N) is 1. The van der Waals surface area contributed by atoms with Crippen LogP contribution in [0.2, 0.25) is 5.02 Å². The number of aryl methyl sites for hydroxylation is 2. The molecule has 5 heteroatoms. The van der Waals surface area contributed by atoms with Crippen molar-refractivity contribution in [3.05, 3.63) is 52.2 Å². The number of nitrogens with zero attached hydrogens (tertiary/aromatic N) is 1. The van der Waals surface area contributed by atoms with Gasteiger partial charge in [-0.05, 0) is 43.7 Å². The van der Waals surface area contributed by atoms with E-state index < -0.39 is 0 Å². The largest absolute Gasteiger partial charge is 0.397 e. The Morgan fingerprint density at radius 1 is 1.32 bits per heavy atom. The number of para-hydroxylation sites is 1. The molecule has 0 spiro atoms. The summed E-state index contributed by atoms with van der Waals surface area (Å²) in [4.78, 5) is 16.4. The van der Waals surface area contributed by atoms with Gasteiger partial charge in [-0.3, -0.25) is 4.79 Å². The minimum atomic E-state index is -0.322. The lowest BCUT2D eigenvalue weighted by molar-refractivity contribution is 0.102. The molecule has 0 saturated heterocycles. The van der Waals surface area contributed by atoms with Gasteiger partial charge in [0, 0.05) is 5.69 Å². The molecule has 1 amide bonds. The average Bonchev–Trinajstić information content (AvgIpc) is 2.31. The molecule has 0 fully saturated rings. The van der Waals surface area contributed by atoms with E-state index in [1.807, 2.05) is 19.9 Å². The zero-order valence-corrected chi connectivity index (χ0v) is 11.5. The second-order valence-corrected chi connectivity index (χ2v) is 4.73. The highest BCUT2D eigenvalue weighted by Crippen LogP contribution is 2.23. The summed E-state index contributed by atoms with van der Waals surface area (Å²) in [5, 5.41) is 3.08. The second kappa shape index (κ2) is 5.28. The summed E-state index contributed by atoms with van der Waals surface area (Å²) in [5.41, 5.74) is 8.27. The fourth-order valence-corrected chi connectivity index (χ4v) is 2.00. The minimum Gasteiger partial charge on any atom is -0.397 e. The van der Waals surface area contributed by atoms with Gasteiger partial charge in [-0.25, -0.2) is 4.98 Å². The van der Waals surface area contributed by atoms with Gasteiger partial charge in [0.2, 0.25) is 0 Å². The standard InChI is InChI=1S/C14H14ClN3O/c1-8-6-9(2)17-12(7-8)18-14(19)10-4-3-5-11(15)13(10)16/h3-7H,16H2,1-2H3,(H,17,18,19). The first-order valence-electron chi connectivity index (χ1n) is 5.78. The highest BCUT2D eigenvalue weighted by Gasteiger charge is 2.12. The third-order valence-electron chi connectivity index (χ3n) is 2.64. The van der Waals surface area contributed by atoms with Crippen molar-refractivity contribution in [1.29, 1.82) is 0 Å². The number of aromatic nitrogens is 1. The third-order valence-corrected chi connectivity index (χ3v) is 2.97. The van der Waals surface area contributed by atoms with Crippen LogP contribution in [0.4, 0.5) is 11.5 Å². The number of benzene rings is 1. The Morgan fingerprint density at radius 3 is 2.74 bits per heavy atom. The lowest BCUT2D eigenvalue weighted by Crippen LogP contribution is -2.15. The van der Waals surface area contributed by atoms with E-state index in [9.17, 15) is 4.79 Å². The summed E-state index contributed by atoms with van der Waals surface area (Å²) in [6.07, 6.45) is 0. The van der Waals surface area contributed by atoms with Crippen LogP contribution >= 0.6 is 11.6 Å². The van der Waals surface area contributed by atoms with Crippen LogP contribution in [0.5, 0.6) is 0 Å². The van der Waals surface area contributed by atoms with Gasteiger partial charge in [-0.2, -0.15) is 0 Å². The van der Waals surface area contributed by atoms with Crippen LogP contribution in [0, 0.1) is 13.8 Å². The molecule has 0 aliphatic carbocycles. The van der Waals surface area contributed by atoms with Crippen molar-refractivity contribution < 1.29 is 4.79 Å². The molecule has 2 aromatic rings. The predicted octanol–water partition coefficient (Wildman–Crippen LogP) is 3.19. The molecule has 0 aliphatic rings. The van der Waals surface area contributed by atoms with Crippen LogP contribution < -0.4 is 11.1 Å². The molecule has 4 nitrogen and oxygen atoms in total. The summed E-state index contributed by atoms with van der Waals surface area (Å²) in [6.45, 7) is 3.81. The molecule has 1 heterocycles. The molecule has 0 radical (unpaired) electrons. The lowest BCUT2D eigenvalue weighted by atomic mass is 10.1. The van der Waals surface area contributed by atoms with Crippen molar-refractivity contribution in [3.63, 3.8) is 0 Å². The highest BCUT2D eigenvalue weighted by molar-refractivity contribution is 6.34. The first-order valence-corrected chi connectivity index (χ1v) is 6.16. The Bertz CT molecular complexity index is 620. The average molecular weight is 276 g/mol. The van der Waals surface area contributed by atoms with E-state index in [4.69, 9.17) is 17.3 Å². The SMILES string of the molecule is Cc1cc(C)nc(NC(=O)c2cccc(Cl)c2N)c1. The summed E-state index contributed by atoms with van der Waals surface area (Å²) >= 11 is 5.89. The number of amides is 1. The van der Waals surface area contributed by atoms with Crippen molar-refractivity contribution in [3.8, 4) is 0 Å². The molecule has 3 N–H and O–H groups in total. The van der Waals surface area contributed by atoms with Crippen LogP contribution in [-0.4, -0.2) is 10.9 Å². The van der Waals surface area contributed by atoms with E-state index in [1.165, 1.54) is 0 Å². The molecule has 98 valence electrons. The number of hydrogen-bond donors (Lipinski definition) is 2. The van der Waals surface area contributed by atoms with Gasteiger partial charge < -0.3 is 11.1 Å². The zero-order chi connectivity index (χ0) is 14.0. The summed E-state index contributed by atoms with van der Waals surface area (Å²) in [5.74, 6) is 0.180. The van der Waals surface area contributed by atoms with Gasteiger partial charge in [-0.1, -0.05) is 17.7 Å². The number of anilines is 2. The van der Waals surface area contributed by atoms with Gasteiger partial charge in [0.05, 0.1) is 16.3 Å². The number of carbonyl (C=O) groups excluding carboxylic acids is 1. The topological polar surface area (TPSA) is 68.0 Å². The number of carbonyl (C=O) groups is 1. The minimum absolute atomic E-state index is 0.269. The molecule has 0 aliphatic heterocycles. The van der Waals surface area contributed by atoms with Crippen LogP contribution in [0.3, 0.4) is 0 Å². The van der Waals surface area contributed by atoms with Crippen molar-refractivity contribution in [2.45, 2.75) is 13.8 Å². The number of nitrogen functional groups attached to an aromatic ring is 1. The van der Waals surface area contributed by atoms with E-state index in [2.05, 4.69) is 10.3 Å². The van der Waals surface area contributed by atoms with Crippen molar-refractivity contribution in [1.82, 2.24) is 4.98 Å². The number of hydrogen-bond acceptors (Lipinski definition) is 3. The maximum atomic E-state index is 12.1. The van der Waals surface area contributed by atoms with Crippen molar-refractivity contribution in [2.24, 2.45) is 0 Å². The third kappa shape index (κ3) is 3.03. The normalized spacial score (nSPS) is 10.3. The van der Waals surface area contributed by atoms with E-state index >= 15 is 0 Å². The molecule has 2 rings (SSSR count). The van der Waals surface area contributed by atoms with E-state index in [-0.39, 0.29) is 11.6 Å². The molecule has 1 aromatic carbocycles. The lowest BCUT2D eigenvalue weighted by Gasteiger charge is -2.09. The number of halogens is 1. The smallest absolute Gasteiger partial charge is 0.258 e. The number of pyridine rings is 1. The quantitative estimate of drug-likeness (QED) is 0.827. The summed E-state index contributed by atoms with van der Waals surface area (Å²) in [7, 11) is 0. The fraction of sp³-hybridized carbons (Fsp3) is 0.143. The maximum absolute atomic E-state index is 12.1. The molecule has 0 saturated carbocycles. The first kappa shape index (κ1) is 13.4. The second-order valence-electron chi connectivity index (χ2n) is 4.33. The van der Waals surface area contributed by atoms with Crippen LogP contribution in [0.1, 0.15) is 21.6 Å². The monoisotopic (exact) mass is 275 g/mol. The molecule has 0 bridgehead atoms. The maximum Gasteiger partial charge on any atom is 0.258 e. The van der Waals surface area contributed by atoms with E-state index in [1.54, 1.807) is 24.3 Å². The molecular formula is C14H14ClN3O. The van der Waals surface area contributed by atoms with Crippen LogP contribution in [0.15, 0.2) is 30.3 Å². The predicted molar refractivity (Wildman–Crippen MR) is 77.5 cm³/mol. The highest BCUT2D eigenvalue weighted by atomic mass is 35.5. The van der Waals surface area contributed by atoms with Gasteiger partial charge in [0.15, 0.2) is 0 Å². The Balaban J connectivity index is 2.28. The number of rotatable bonds is 2. The van der Waals surface area contributed by atoms with Gasteiger partial charge in [0.1, 0.15) is 5.82 Å². The van der Waals surface area contributed by atoms with Crippen molar-refractivity contribution in [2.75, 3.05) is 11.1 Å². The fourth-order valence-electron chi connectivity index (χ4n) is 1.82. The zero-order valence-electron chi connectivity index (χ0n) is 10.7. The summed E-state index contributed by atoms with van der Waals surface area (Å²) < 4.78 is 0. The first-order chi connectivity index (χ1) is 8.97. The number of nitrogens with two attached hydrogens (primary N) is 1. The van der Waals surface area contributed by atoms with E-state index in [0.717, 1.165) is 11.3 Å². The summed E-state index contributed by atoms with van der Waals surface area (Å²) in [6, 6.07) is 8.68. The Morgan fingerprint density at radius 2 is 2.05 bits per heavy atom. The van der Waals surface area contributed by atoms with Crippen molar-refractivity contribution >= 4 is 29.0 Å². The van der Waals surface area contributed by atoms with Gasteiger partial charge in [0.25, 0.3) is 5.91 Å². The van der Waals surface area contributed by atoms with Gasteiger partial charge >= 0.3 is 0 Å². The molecule has 19 heavy (non-hydrogen) atoms. The Kier molecular flexibility index (Phi) is 3.71. The Labute approximate surface area is 116 Å². The van der Waals surface area contributed by atoms with Crippen LogP contribution in [-0.2, 0) is 0 Å². The molecule has 0 unspecified atom stereocenters.